The van der Waals surface area contributed by atoms with E-state index in [9.17, 15) is 9.59 Å². The highest BCUT2D eigenvalue weighted by molar-refractivity contribution is 5.92. The summed E-state index contributed by atoms with van der Waals surface area (Å²) >= 11 is 0. The molecule has 0 aromatic carbocycles. The summed E-state index contributed by atoms with van der Waals surface area (Å²) in [5, 5.41) is 8.45. The first-order valence-electron chi connectivity index (χ1n) is 5.69. The highest BCUT2D eigenvalue weighted by Gasteiger charge is 2.06. The highest BCUT2D eigenvalue weighted by Crippen LogP contribution is 2.03. The van der Waals surface area contributed by atoms with E-state index in [-0.39, 0.29) is 5.57 Å². The first-order valence-corrected chi connectivity index (χ1v) is 5.69. The molecule has 0 aliphatic heterocycles. The fourth-order valence-corrected chi connectivity index (χ4v) is 0.990. The predicted octanol–water partition coefficient (Wildman–Crippen LogP) is 2.64. The largest absolute Gasteiger partial charge is 0.478 e. The summed E-state index contributed by atoms with van der Waals surface area (Å²) in [7, 11) is 0. The monoisotopic (exact) mass is 250 g/mol. The number of carbonyl (C=O) groups excluding carboxylic acids is 1. The zero-order valence-electron chi connectivity index (χ0n) is 10.5. The van der Waals surface area contributed by atoms with Gasteiger partial charge >= 0.3 is 11.9 Å². The zero-order chi connectivity index (χ0) is 13.8. The van der Waals surface area contributed by atoms with E-state index in [1.165, 1.54) is 24.3 Å². The molecule has 0 aromatic rings. The zero-order valence-corrected chi connectivity index (χ0v) is 10.5. The van der Waals surface area contributed by atoms with Crippen molar-refractivity contribution in [1.82, 2.24) is 0 Å². The van der Waals surface area contributed by atoms with Crippen LogP contribution in [0.25, 0.3) is 0 Å². The van der Waals surface area contributed by atoms with E-state index in [1.54, 1.807) is 6.08 Å². The van der Waals surface area contributed by atoms with Gasteiger partial charge in [0.15, 0.2) is 0 Å². The Balaban J connectivity index is 4.65. The van der Waals surface area contributed by atoms with Crippen LogP contribution in [0, 0.1) is 0 Å². The van der Waals surface area contributed by atoms with Crippen molar-refractivity contribution in [2.45, 2.75) is 19.8 Å². The number of carbonyl (C=O) groups is 2. The van der Waals surface area contributed by atoms with Crippen molar-refractivity contribution in [2.24, 2.45) is 0 Å². The van der Waals surface area contributed by atoms with Crippen molar-refractivity contribution in [3.63, 3.8) is 0 Å². The fraction of sp³-hybridized carbons (Fsp3) is 0.286. The van der Waals surface area contributed by atoms with Gasteiger partial charge in [-0.3, -0.25) is 0 Å². The Morgan fingerprint density at radius 1 is 1.28 bits per heavy atom. The SMILES string of the molecule is C=CC=CC(=CC=CC(=O)O)C(=O)OCCCC. The Labute approximate surface area is 107 Å². The lowest BCUT2D eigenvalue weighted by Crippen LogP contribution is -2.07. The molecule has 4 heteroatoms. The molecular formula is C14H18O4. The number of carboxylic acid groups (broad SMARTS) is 1. The second kappa shape index (κ2) is 10.1. The van der Waals surface area contributed by atoms with Crippen LogP contribution in [-0.4, -0.2) is 23.7 Å². The van der Waals surface area contributed by atoms with Crippen LogP contribution in [0.5, 0.6) is 0 Å². The number of aliphatic carboxylic acids is 1. The maximum Gasteiger partial charge on any atom is 0.338 e. The summed E-state index contributed by atoms with van der Waals surface area (Å²) in [4.78, 5) is 22.0. The molecule has 0 aliphatic carbocycles. The van der Waals surface area contributed by atoms with Gasteiger partial charge in [-0.1, -0.05) is 38.2 Å². The molecule has 1 N–H and O–H groups in total. The van der Waals surface area contributed by atoms with E-state index in [2.05, 4.69) is 6.58 Å². The van der Waals surface area contributed by atoms with Crippen LogP contribution in [-0.2, 0) is 14.3 Å². The molecule has 18 heavy (non-hydrogen) atoms. The van der Waals surface area contributed by atoms with Crippen molar-refractivity contribution in [2.75, 3.05) is 6.61 Å². The van der Waals surface area contributed by atoms with Crippen molar-refractivity contribution in [1.29, 1.82) is 0 Å². The Morgan fingerprint density at radius 2 is 2.00 bits per heavy atom. The third-order valence-corrected chi connectivity index (χ3v) is 1.89. The smallest absolute Gasteiger partial charge is 0.338 e. The molecule has 0 radical (unpaired) electrons. The Bertz CT molecular complexity index is 375. The van der Waals surface area contributed by atoms with E-state index in [0.29, 0.717) is 6.61 Å². The molecule has 0 atom stereocenters. The fourth-order valence-electron chi connectivity index (χ4n) is 0.990. The minimum atomic E-state index is -1.07. The topological polar surface area (TPSA) is 63.6 Å². The lowest BCUT2D eigenvalue weighted by Gasteiger charge is -2.03. The maximum atomic E-state index is 11.6. The van der Waals surface area contributed by atoms with Crippen molar-refractivity contribution in [3.8, 4) is 0 Å². The summed E-state index contributed by atoms with van der Waals surface area (Å²) < 4.78 is 5.03. The highest BCUT2D eigenvalue weighted by atomic mass is 16.5. The van der Waals surface area contributed by atoms with Gasteiger partial charge in [0.25, 0.3) is 0 Å². The lowest BCUT2D eigenvalue weighted by molar-refractivity contribution is -0.138. The number of allylic oxidation sites excluding steroid dienone is 4. The molecular weight excluding hydrogens is 232 g/mol. The van der Waals surface area contributed by atoms with Crippen LogP contribution < -0.4 is 0 Å². The van der Waals surface area contributed by atoms with Crippen LogP contribution in [0.1, 0.15) is 19.8 Å². The number of ether oxygens (including phenoxy) is 1. The van der Waals surface area contributed by atoms with Crippen LogP contribution in [0.3, 0.4) is 0 Å². The van der Waals surface area contributed by atoms with Crippen molar-refractivity contribution >= 4 is 11.9 Å². The second-order valence-corrected chi connectivity index (χ2v) is 3.40. The predicted molar refractivity (Wildman–Crippen MR) is 70.1 cm³/mol. The molecule has 0 amide bonds. The van der Waals surface area contributed by atoms with E-state index in [4.69, 9.17) is 9.84 Å². The van der Waals surface area contributed by atoms with Gasteiger partial charge in [0.2, 0.25) is 0 Å². The molecule has 0 aliphatic rings. The van der Waals surface area contributed by atoms with E-state index >= 15 is 0 Å². The third-order valence-electron chi connectivity index (χ3n) is 1.89. The molecule has 0 bridgehead atoms. The summed E-state index contributed by atoms with van der Waals surface area (Å²) in [6.45, 7) is 5.85. The number of esters is 1. The van der Waals surface area contributed by atoms with Gasteiger partial charge in [-0.25, -0.2) is 9.59 Å². The average molecular weight is 250 g/mol. The minimum absolute atomic E-state index is 0.281. The summed E-state index contributed by atoms with van der Waals surface area (Å²) in [5.74, 6) is -1.55. The van der Waals surface area contributed by atoms with Gasteiger partial charge in [-0.05, 0) is 18.6 Å². The molecule has 0 saturated heterocycles. The van der Waals surface area contributed by atoms with Crippen LogP contribution >= 0.6 is 0 Å². The first kappa shape index (κ1) is 15.9. The van der Waals surface area contributed by atoms with Gasteiger partial charge in [0.1, 0.15) is 0 Å². The second-order valence-electron chi connectivity index (χ2n) is 3.40. The number of hydrogen-bond donors (Lipinski definition) is 1. The molecule has 0 heterocycles. The molecule has 0 fully saturated rings. The van der Waals surface area contributed by atoms with Crippen LogP contribution in [0.4, 0.5) is 0 Å². The normalized spacial score (nSPS) is 11.9. The number of carboxylic acids is 1. The van der Waals surface area contributed by atoms with Crippen LogP contribution in [0.2, 0.25) is 0 Å². The van der Waals surface area contributed by atoms with Gasteiger partial charge < -0.3 is 9.84 Å². The van der Waals surface area contributed by atoms with Gasteiger partial charge in [-0.2, -0.15) is 0 Å². The maximum absolute atomic E-state index is 11.6. The third kappa shape index (κ3) is 8.10. The van der Waals surface area contributed by atoms with Crippen LogP contribution in [0.15, 0.2) is 48.6 Å². The summed E-state index contributed by atoms with van der Waals surface area (Å²) in [6.07, 6.45) is 9.99. The summed E-state index contributed by atoms with van der Waals surface area (Å²) in [5.41, 5.74) is 0.281. The van der Waals surface area contributed by atoms with Gasteiger partial charge in [0.05, 0.1) is 12.2 Å². The molecule has 0 rings (SSSR count). The molecule has 98 valence electrons. The number of unbranched alkanes of at least 4 members (excludes halogenated alkanes) is 1. The molecule has 0 saturated carbocycles. The summed E-state index contributed by atoms with van der Waals surface area (Å²) in [6, 6.07) is 0. The van der Waals surface area contributed by atoms with Gasteiger partial charge in [0, 0.05) is 6.08 Å². The molecule has 0 spiro atoms. The average Bonchev–Trinajstić information content (AvgIpc) is 2.33. The molecule has 4 nitrogen and oxygen atoms in total. The van der Waals surface area contributed by atoms with Crippen molar-refractivity contribution in [3.05, 3.63) is 48.6 Å². The molecule has 0 aromatic heterocycles. The quantitative estimate of drug-likeness (QED) is 0.311. The Kier molecular flexibility index (Phi) is 8.90. The van der Waals surface area contributed by atoms with Gasteiger partial charge in [-0.15, -0.1) is 0 Å². The Hall–Kier alpha value is -2.10. The number of hydrogen-bond acceptors (Lipinski definition) is 3. The lowest BCUT2D eigenvalue weighted by atomic mass is 10.2. The molecule has 0 unspecified atom stereocenters. The first-order chi connectivity index (χ1) is 8.61. The standard InChI is InChI=1S/C14H18O4/c1-3-5-8-12(9-7-10-13(15)16)14(17)18-11-6-4-2/h3,5,7-10H,1,4,6,11H2,2H3,(H,15,16). The van der Waals surface area contributed by atoms with Crippen molar-refractivity contribution < 1.29 is 19.4 Å². The Morgan fingerprint density at radius 3 is 2.56 bits per heavy atom. The van der Waals surface area contributed by atoms with E-state index in [1.807, 2.05) is 6.92 Å². The van der Waals surface area contributed by atoms with E-state index in [0.717, 1.165) is 18.9 Å². The van der Waals surface area contributed by atoms with E-state index < -0.39 is 11.9 Å². The minimum Gasteiger partial charge on any atom is -0.478 e. The number of rotatable bonds is 8.